The number of hydrogen-bond acceptors (Lipinski definition) is 3. The number of amides is 1. The number of piperidine rings is 1. The van der Waals surface area contributed by atoms with Gasteiger partial charge in [-0.15, -0.1) is 0 Å². The van der Waals surface area contributed by atoms with Crippen LogP contribution in [0.1, 0.15) is 58.9 Å². The molecule has 1 aromatic carbocycles. The molecule has 1 atom stereocenters. The van der Waals surface area contributed by atoms with E-state index in [4.69, 9.17) is 0 Å². The second kappa shape index (κ2) is 8.52. The van der Waals surface area contributed by atoms with E-state index in [0.717, 1.165) is 33.5 Å². The van der Waals surface area contributed by atoms with E-state index in [0.29, 0.717) is 17.2 Å². The number of rotatable bonds is 4. The Labute approximate surface area is 174 Å². The lowest BCUT2D eigenvalue weighted by Gasteiger charge is -2.37. The van der Waals surface area contributed by atoms with E-state index in [-0.39, 0.29) is 18.0 Å². The van der Waals surface area contributed by atoms with Crippen molar-refractivity contribution in [3.8, 4) is 0 Å². The monoisotopic (exact) mass is 445 g/mol. The summed E-state index contributed by atoms with van der Waals surface area (Å²) in [5, 5.41) is 2.93. The van der Waals surface area contributed by atoms with E-state index in [1.807, 2.05) is 32.9 Å². The van der Waals surface area contributed by atoms with Crippen LogP contribution in [-0.4, -0.2) is 23.5 Å². The Bertz CT molecular complexity index is 952. The van der Waals surface area contributed by atoms with Crippen LogP contribution in [0.15, 0.2) is 27.5 Å². The summed E-state index contributed by atoms with van der Waals surface area (Å²) >= 11 is 3.57. The van der Waals surface area contributed by atoms with E-state index in [1.54, 1.807) is 0 Å². The van der Waals surface area contributed by atoms with Crippen LogP contribution >= 0.6 is 15.9 Å². The Morgan fingerprint density at radius 3 is 2.68 bits per heavy atom. The van der Waals surface area contributed by atoms with Gasteiger partial charge in [-0.3, -0.25) is 9.59 Å². The number of nitrogens with zero attached hydrogens (tertiary/aromatic N) is 1. The average molecular weight is 446 g/mol. The van der Waals surface area contributed by atoms with Crippen molar-refractivity contribution in [2.45, 2.75) is 59.5 Å². The molecule has 6 heteroatoms. The molecule has 0 saturated carbocycles. The van der Waals surface area contributed by atoms with Gasteiger partial charge in [0, 0.05) is 46.1 Å². The van der Waals surface area contributed by atoms with Gasteiger partial charge in [0.25, 0.3) is 11.5 Å². The fraction of sp³-hybridized carbons (Fsp3) is 0.455. The molecule has 2 N–H and O–H groups in total. The van der Waals surface area contributed by atoms with Crippen molar-refractivity contribution < 1.29 is 4.79 Å². The second-order valence-electron chi connectivity index (χ2n) is 7.76. The van der Waals surface area contributed by atoms with Crippen LogP contribution in [0.3, 0.4) is 0 Å². The van der Waals surface area contributed by atoms with Gasteiger partial charge < -0.3 is 15.2 Å². The lowest BCUT2D eigenvalue weighted by molar-refractivity contribution is 0.0950. The zero-order valence-electron chi connectivity index (χ0n) is 17.0. The maximum Gasteiger partial charge on any atom is 0.253 e. The first-order chi connectivity index (χ1) is 13.3. The highest BCUT2D eigenvalue weighted by Gasteiger charge is 2.23. The molecule has 0 bridgehead atoms. The molecule has 5 nitrogen and oxygen atoms in total. The maximum atomic E-state index is 12.9. The molecule has 150 valence electrons. The summed E-state index contributed by atoms with van der Waals surface area (Å²) in [5.74, 6) is -0.163. The fourth-order valence-electron chi connectivity index (χ4n) is 4.02. The lowest BCUT2D eigenvalue weighted by atomic mass is 9.99. The molecular formula is C22H28BrN3O2. The SMILES string of the molecule is Cc1cc(C)c(CNC(=O)c2cc(Br)cc(N3CCCCC3C)c2C)c(=O)[nH]1. The molecule has 2 aromatic rings. The molecule has 3 rings (SSSR count). The van der Waals surface area contributed by atoms with E-state index < -0.39 is 0 Å². The van der Waals surface area contributed by atoms with E-state index in [2.05, 4.69) is 44.1 Å². The fourth-order valence-corrected chi connectivity index (χ4v) is 4.47. The van der Waals surface area contributed by atoms with Crippen LogP contribution in [0, 0.1) is 20.8 Å². The topological polar surface area (TPSA) is 65.2 Å². The van der Waals surface area contributed by atoms with Gasteiger partial charge >= 0.3 is 0 Å². The van der Waals surface area contributed by atoms with Crippen molar-refractivity contribution >= 4 is 27.5 Å². The van der Waals surface area contributed by atoms with Crippen LogP contribution in [0.25, 0.3) is 0 Å². The summed E-state index contributed by atoms with van der Waals surface area (Å²) in [7, 11) is 0. The van der Waals surface area contributed by atoms with Crippen molar-refractivity contribution in [2.24, 2.45) is 0 Å². The third kappa shape index (κ3) is 4.32. The summed E-state index contributed by atoms with van der Waals surface area (Å²) in [6, 6.07) is 6.34. The standard InChI is InChI=1S/C22H28BrN3O2/c1-13-9-14(2)25-22(28)19(13)12-24-21(27)18-10-17(23)11-20(16(18)4)26-8-6-5-7-15(26)3/h9-11,15H,5-8,12H2,1-4H3,(H,24,27)(H,25,28). The molecule has 2 heterocycles. The highest BCUT2D eigenvalue weighted by molar-refractivity contribution is 9.10. The predicted octanol–water partition coefficient (Wildman–Crippen LogP) is 4.37. The number of benzene rings is 1. The van der Waals surface area contributed by atoms with Gasteiger partial charge in [-0.1, -0.05) is 15.9 Å². The van der Waals surface area contributed by atoms with Gasteiger partial charge in [0.15, 0.2) is 0 Å². The van der Waals surface area contributed by atoms with E-state index in [9.17, 15) is 9.59 Å². The molecule has 1 aliphatic heterocycles. The quantitative estimate of drug-likeness (QED) is 0.733. The lowest BCUT2D eigenvalue weighted by Crippen LogP contribution is -2.38. The number of anilines is 1. The van der Waals surface area contributed by atoms with Gasteiger partial charge in [-0.2, -0.15) is 0 Å². The van der Waals surface area contributed by atoms with Crippen molar-refractivity contribution in [3.05, 3.63) is 61.0 Å². The minimum Gasteiger partial charge on any atom is -0.369 e. The number of carbonyl (C=O) groups is 1. The Hall–Kier alpha value is -2.08. The van der Waals surface area contributed by atoms with Crippen molar-refractivity contribution in [2.75, 3.05) is 11.4 Å². The summed E-state index contributed by atoms with van der Waals surface area (Å²) in [4.78, 5) is 30.3. The van der Waals surface area contributed by atoms with Crippen LogP contribution in [0.4, 0.5) is 5.69 Å². The summed E-state index contributed by atoms with van der Waals surface area (Å²) in [6.07, 6.45) is 3.60. The zero-order valence-corrected chi connectivity index (χ0v) is 18.6. The van der Waals surface area contributed by atoms with Crippen molar-refractivity contribution in [1.29, 1.82) is 0 Å². The Morgan fingerprint density at radius 2 is 2.00 bits per heavy atom. The average Bonchev–Trinajstić information content (AvgIpc) is 2.63. The van der Waals surface area contributed by atoms with Crippen LogP contribution in [-0.2, 0) is 6.54 Å². The molecule has 0 spiro atoms. The van der Waals surface area contributed by atoms with Gasteiger partial charge in [-0.25, -0.2) is 0 Å². The largest absolute Gasteiger partial charge is 0.369 e. The smallest absolute Gasteiger partial charge is 0.253 e. The van der Waals surface area contributed by atoms with Crippen LogP contribution in [0.5, 0.6) is 0 Å². The third-order valence-electron chi connectivity index (χ3n) is 5.62. The van der Waals surface area contributed by atoms with Crippen LogP contribution < -0.4 is 15.8 Å². The molecule has 1 saturated heterocycles. The number of carbonyl (C=O) groups excluding carboxylic acids is 1. The highest BCUT2D eigenvalue weighted by atomic mass is 79.9. The molecule has 1 unspecified atom stereocenters. The van der Waals surface area contributed by atoms with Gasteiger partial charge in [0.2, 0.25) is 0 Å². The molecule has 1 fully saturated rings. The Kier molecular flexibility index (Phi) is 6.28. The molecular weight excluding hydrogens is 418 g/mol. The Balaban J connectivity index is 1.85. The normalized spacial score (nSPS) is 16.9. The number of halogens is 1. The maximum absolute atomic E-state index is 12.9. The molecule has 1 amide bonds. The Morgan fingerprint density at radius 1 is 1.25 bits per heavy atom. The number of pyridine rings is 1. The molecule has 0 radical (unpaired) electrons. The summed E-state index contributed by atoms with van der Waals surface area (Å²) < 4.78 is 0.889. The van der Waals surface area contributed by atoms with Crippen LogP contribution in [0.2, 0.25) is 0 Å². The van der Waals surface area contributed by atoms with Crippen molar-refractivity contribution in [3.63, 3.8) is 0 Å². The molecule has 1 aliphatic rings. The van der Waals surface area contributed by atoms with Gasteiger partial charge in [0.1, 0.15) is 0 Å². The number of H-pyrrole nitrogens is 1. The number of aromatic amines is 1. The van der Waals surface area contributed by atoms with E-state index >= 15 is 0 Å². The molecule has 1 aromatic heterocycles. The molecule has 0 aliphatic carbocycles. The van der Waals surface area contributed by atoms with E-state index in [1.165, 1.54) is 19.3 Å². The minimum absolute atomic E-state index is 0.147. The first-order valence-electron chi connectivity index (χ1n) is 9.82. The minimum atomic E-state index is -0.163. The first kappa shape index (κ1) is 20.6. The molecule has 28 heavy (non-hydrogen) atoms. The van der Waals surface area contributed by atoms with Gasteiger partial charge in [0.05, 0.1) is 0 Å². The third-order valence-corrected chi connectivity index (χ3v) is 6.08. The number of hydrogen-bond donors (Lipinski definition) is 2. The van der Waals surface area contributed by atoms with Gasteiger partial charge in [-0.05, 0) is 76.3 Å². The summed E-state index contributed by atoms with van der Waals surface area (Å²) in [5.41, 5.74) is 4.88. The number of aromatic nitrogens is 1. The summed E-state index contributed by atoms with van der Waals surface area (Å²) in [6.45, 7) is 9.21. The zero-order chi connectivity index (χ0) is 20.4. The highest BCUT2D eigenvalue weighted by Crippen LogP contribution is 2.32. The second-order valence-corrected chi connectivity index (χ2v) is 8.68. The number of aryl methyl sites for hydroxylation is 2. The predicted molar refractivity (Wildman–Crippen MR) is 117 cm³/mol. The van der Waals surface area contributed by atoms with Crippen molar-refractivity contribution in [1.82, 2.24) is 10.3 Å². The number of nitrogens with one attached hydrogen (secondary N) is 2. The first-order valence-corrected chi connectivity index (χ1v) is 10.6.